The van der Waals surface area contributed by atoms with Gasteiger partial charge in [-0.1, -0.05) is 12.1 Å². The van der Waals surface area contributed by atoms with Crippen molar-refractivity contribution in [3.63, 3.8) is 0 Å². The van der Waals surface area contributed by atoms with Crippen LogP contribution < -0.4 is 9.46 Å². The predicted molar refractivity (Wildman–Crippen MR) is 94.3 cm³/mol. The normalized spacial score (nSPS) is 11.7. The highest BCUT2D eigenvalue weighted by Crippen LogP contribution is 2.27. The summed E-state index contributed by atoms with van der Waals surface area (Å²) in [4.78, 5) is 4.59. The van der Waals surface area contributed by atoms with E-state index in [-0.39, 0.29) is 11.4 Å². The summed E-state index contributed by atoms with van der Waals surface area (Å²) in [6, 6.07) is 12.3. The summed E-state index contributed by atoms with van der Waals surface area (Å²) < 4.78 is 34.1. The third-order valence-corrected chi connectivity index (χ3v) is 6.24. The summed E-state index contributed by atoms with van der Waals surface area (Å²) in [5.41, 5.74) is 0.874. The van der Waals surface area contributed by atoms with E-state index in [1.807, 2.05) is 24.3 Å². The van der Waals surface area contributed by atoms with Crippen molar-refractivity contribution in [1.82, 2.24) is 9.71 Å². The number of nitrogens with one attached hydrogen (secondary N) is 1. The molecule has 1 N–H and O–H groups in total. The van der Waals surface area contributed by atoms with E-state index in [0.29, 0.717) is 10.2 Å². The minimum absolute atomic E-state index is 0.158. The van der Waals surface area contributed by atoms with Gasteiger partial charge in [-0.3, -0.25) is 0 Å². The summed E-state index contributed by atoms with van der Waals surface area (Å²) in [5.74, 6) is 0.579. The molecule has 0 fully saturated rings. The fraction of sp³-hybridized carbons (Fsp3) is 0.133. The summed E-state index contributed by atoms with van der Waals surface area (Å²) in [5, 5.41) is 0.724. The quantitative estimate of drug-likeness (QED) is 0.695. The van der Waals surface area contributed by atoms with E-state index >= 15 is 0 Å². The molecule has 3 aromatic rings. The van der Waals surface area contributed by atoms with Crippen molar-refractivity contribution in [3.8, 4) is 5.75 Å². The third kappa shape index (κ3) is 3.55. The fourth-order valence-electron chi connectivity index (χ4n) is 2.05. The van der Waals surface area contributed by atoms with Crippen molar-refractivity contribution in [3.05, 3.63) is 51.9 Å². The number of nitrogens with zero attached hydrogens (tertiary/aromatic N) is 1. The molecule has 2 aromatic carbocycles. The molecule has 5 nitrogen and oxygen atoms in total. The van der Waals surface area contributed by atoms with E-state index < -0.39 is 10.0 Å². The summed E-state index contributed by atoms with van der Waals surface area (Å²) in [7, 11) is -2.08. The first-order valence-electron chi connectivity index (χ1n) is 6.67. The van der Waals surface area contributed by atoms with Gasteiger partial charge in [0, 0.05) is 0 Å². The van der Waals surface area contributed by atoms with Gasteiger partial charge in [-0.05, 0) is 46.3 Å². The molecular weight excluding hydrogens is 400 g/mol. The molecule has 0 atom stereocenters. The Bertz CT molecular complexity index is 921. The number of rotatable bonds is 5. The Morgan fingerprint density at radius 3 is 2.74 bits per heavy atom. The van der Waals surface area contributed by atoms with Gasteiger partial charge in [0.05, 0.1) is 33.2 Å². The van der Waals surface area contributed by atoms with E-state index in [2.05, 4.69) is 25.6 Å². The summed E-state index contributed by atoms with van der Waals surface area (Å²) in [6.45, 7) is 0.158. The van der Waals surface area contributed by atoms with Crippen LogP contribution in [0.5, 0.6) is 5.75 Å². The lowest BCUT2D eigenvalue weighted by Gasteiger charge is -2.08. The van der Waals surface area contributed by atoms with Gasteiger partial charge in [-0.15, -0.1) is 11.3 Å². The number of para-hydroxylation sites is 1. The van der Waals surface area contributed by atoms with Crippen LogP contribution in [-0.2, 0) is 16.6 Å². The standard InChI is InChI=1S/C15H13BrN2O3S2/c1-21-13-7-6-10(8-11(13)16)23(19,20)17-9-15-18-12-4-2-3-5-14(12)22-15/h2-8,17H,9H2,1H3. The van der Waals surface area contributed by atoms with Gasteiger partial charge in [0.15, 0.2) is 0 Å². The molecule has 0 bridgehead atoms. The molecule has 120 valence electrons. The van der Waals surface area contributed by atoms with Crippen molar-refractivity contribution in [1.29, 1.82) is 0 Å². The number of benzene rings is 2. The zero-order valence-corrected chi connectivity index (χ0v) is 15.3. The number of hydrogen-bond donors (Lipinski definition) is 1. The molecule has 0 aliphatic carbocycles. The number of thiazole rings is 1. The van der Waals surface area contributed by atoms with Crippen LogP contribution in [0, 0.1) is 0 Å². The minimum atomic E-state index is -3.61. The second-order valence-corrected chi connectivity index (χ2v) is 8.43. The van der Waals surface area contributed by atoms with Gasteiger partial charge in [0.25, 0.3) is 0 Å². The molecule has 0 spiro atoms. The molecular formula is C15H13BrN2O3S2. The summed E-state index contributed by atoms with van der Waals surface area (Å²) in [6.07, 6.45) is 0. The van der Waals surface area contributed by atoms with Crippen LogP contribution in [0.3, 0.4) is 0 Å². The molecule has 0 saturated heterocycles. The maximum absolute atomic E-state index is 12.4. The van der Waals surface area contributed by atoms with Gasteiger partial charge in [0.1, 0.15) is 10.8 Å². The highest BCUT2D eigenvalue weighted by molar-refractivity contribution is 9.10. The van der Waals surface area contributed by atoms with Crippen molar-refractivity contribution in [2.24, 2.45) is 0 Å². The van der Waals surface area contributed by atoms with E-state index in [0.717, 1.165) is 15.2 Å². The SMILES string of the molecule is COc1ccc(S(=O)(=O)NCc2nc3ccccc3s2)cc1Br. The first kappa shape index (κ1) is 16.4. The molecule has 0 amide bonds. The lowest BCUT2D eigenvalue weighted by Crippen LogP contribution is -2.23. The highest BCUT2D eigenvalue weighted by atomic mass is 79.9. The molecule has 3 rings (SSSR count). The largest absolute Gasteiger partial charge is 0.496 e. The first-order valence-corrected chi connectivity index (χ1v) is 9.76. The van der Waals surface area contributed by atoms with E-state index in [4.69, 9.17) is 4.74 Å². The number of halogens is 1. The second-order valence-electron chi connectivity index (χ2n) is 4.70. The smallest absolute Gasteiger partial charge is 0.240 e. The molecule has 0 unspecified atom stereocenters. The van der Waals surface area contributed by atoms with Crippen LogP contribution in [0.1, 0.15) is 5.01 Å². The predicted octanol–water partition coefficient (Wildman–Crippen LogP) is 3.55. The second kappa shape index (κ2) is 6.56. The number of sulfonamides is 1. The molecule has 0 radical (unpaired) electrons. The molecule has 0 aliphatic heterocycles. The van der Waals surface area contributed by atoms with Gasteiger partial charge in [-0.25, -0.2) is 18.1 Å². The van der Waals surface area contributed by atoms with Crippen molar-refractivity contribution < 1.29 is 13.2 Å². The molecule has 1 aromatic heterocycles. The number of ether oxygens (including phenoxy) is 1. The van der Waals surface area contributed by atoms with Crippen LogP contribution in [0.25, 0.3) is 10.2 Å². The Morgan fingerprint density at radius 2 is 2.04 bits per heavy atom. The van der Waals surface area contributed by atoms with Crippen molar-refractivity contribution in [2.75, 3.05) is 7.11 Å². The zero-order chi connectivity index (χ0) is 16.4. The lowest BCUT2D eigenvalue weighted by atomic mass is 10.3. The maximum Gasteiger partial charge on any atom is 0.240 e. The lowest BCUT2D eigenvalue weighted by molar-refractivity contribution is 0.411. The molecule has 23 heavy (non-hydrogen) atoms. The Balaban J connectivity index is 1.79. The average molecular weight is 413 g/mol. The Morgan fingerprint density at radius 1 is 1.26 bits per heavy atom. The summed E-state index contributed by atoms with van der Waals surface area (Å²) >= 11 is 4.77. The molecule has 0 aliphatic rings. The van der Waals surface area contributed by atoms with Gasteiger partial charge in [0.2, 0.25) is 10.0 Å². The fourth-order valence-corrected chi connectivity index (χ4v) is 4.75. The van der Waals surface area contributed by atoms with E-state index in [9.17, 15) is 8.42 Å². The third-order valence-electron chi connectivity index (χ3n) is 3.19. The van der Waals surface area contributed by atoms with Crippen molar-refractivity contribution >= 4 is 47.5 Å². The Hall–Kier alpha value is -1.48. The minimum Gasteiger partial charge on any atom is -0.496 e. The molecule has 8 heteroatoms. The first-order chi connectivity index (χ1) is 11.0. The number of methoxy groups -OCH3 is 1. The Kier molecular flexibility index (Phi) is 4.67. The molecule has 1 heterocycles. The molecule has 0 saturated carbocycles. The topological polar surface area (TPSA) is 68.3 Å². The van der Waals surface area contributed by atoms with Gasteiger partial charge >= 0.3 is 0 Å². The van der Waals surface area contributed by atoms with Crippen LogP contribution in [0.4, 0.5) is 0 Å². The van der Waals surface area contributed by atoms with Gasteiger partial charge in [-0.2, -0.15) is 0 Å². The number of aromatic nitrogens is 1. The number of fused-ring (bicyclic) bond motifs is 1. The number of hydrogen-bond acceptors (Lipinski definition) is 5. The average Bonchev–Trinajstić information content (AvgIpc) is 2.96. The van der Waals surface area contributed by atoms with E-state index in [1.165, 1.54) is 30.6 Å². The highest BCUT2D eigenvalue weighted by Gasteiger charge is 2.16. The van der Waals surface area contributed by atoms with Crippen LogP contribution >= 0.6 is 27.3 Å². The van der Waals surface area contributed by atoms with Gasteiger partial charge < -0.3 is 4.74 Å². The van der Waals surface area contributed by atoms with E-state index in [1.54, 1.807) is 6.07 Å². The monoisotopic (exact) mass is 412 g/mol. The van der Waals surface area contributed by atoms with Crippen molar-refractivity contribution in [2.45, 2.75) is 11.4 Å². The zero-order valence-electron chi connectivity index (χ0n) is 12.1. The van der Waals surface area contributed by atoms with Crippen LogP contribution in [0.15, 0.2) is 51.8 Å². The van der Waals surface area contributed by atoms with Crippen LogP contribution in [0.2, 0.25) is 0 Å². The van der Waals surface area contributed by atoms with Crippen LogP contribution in [-0.4, -0.2) is 20.5 Å². The maximum atomic E-state index is 12.4. The Labute approximate surface area is 146 Å².